The van der Waals surface area contributed by atoms with Gasteiger partial charge in [-0.3, -0.25) is 9.59 Å². The second kappa shape index (κ2) is 5.47. The number of hydrogen-bond acceptors (Lipinski definition) is 4. The van der Waals surface area contributed by atoms with Crippen molar-refractivity contribution in [1.29, 1.82) is 0 Å². The molecule has 3 aliphatic carbocycles. The van der Waals surface area contributed by atoms with Crippen LogP contribution in [0.4, 0.5) is 0 Å². The number of ketones is 2. The quantitative estimate of drug-likeness (QED) is 0.719. The molecule has 2 fully saturated rings. The first-order chi connectivity index (χ1) is 11.7. The molecule has 2 N–H and O–H groups in total. The molecular weight excluding hydrogens is 300 g/mol. The first-order valence-corrected chi connectivity index (χ1v) is 9.78. The lowest BCUT2D eigenvalue weighted by Gasteiger charge is -2.44. The van der Waals surface area contributed by atoms with Gasteiger partial charge in [-0.05, 0) is 25.7 Å². The summed E-state index contributed by atoms with van der Waals surface area (Å²) in [5.74, 6) is 1.06. The average molecular weight is 326 g/mol. The Balaban J connectivity index is 1.45. The standard InChI is InChI=1S/C20H26N2O2/c23-19-11-5-1-3-7-15(11)21-17-10-14-18(9-13(17)19)22-16-8-4-2-6-12(16)20(14)24/h11-12,15-16,21-22H,1-10H2. The maximum absolute atomic E-state index is 13.0. The van der Waals surface area contributed by atoms with Crippen molar-refractivity contribution in [3.05, 3.63) is 22.5 Å². The summed E-state index contributed by atoms with van der Waals surface area (Å²) in [6.07, 6.45) is 10.3. The molecule has 4 atom stereocenters. The number of rotatable bonds is 0. The number of fused-ring (bicyclic) bond motifs is 2. The molecule has 2 saturated carbocycles. The summed E-state index contributed by atoms with van der Waals surface area (Å²) in [5, 5.41) is 7.32. The summed E-state index contributed by atoms with van der Waals surface area (Å²) < 4.78 is 0. The lowest BCUT2D eigenvalue weighted by Crippen LogP contribution is -2.52. The molecule has 0 bridgehead atoms. The Morgan fingerprint density at radius 3 is 1.50 bits per heavy atom. The molecular formula is C20H26N2O2. The summed E-state index contributed by atoms with van der Waals surface area (Å²) in [6, 6.07) is 0.613. The van der Waals surface area contributed by atoms with Crippen molar-refractivity contribution in [2.75, 3.05) is 0 Å². The molecule has 0 amide bonds. The molecule has 0 spiro atoms. The van der Waals surface area contributed by atoms with Gasteiger partial charge in [0.05, 0.1) is 0 Å². The predicted molar refractivity (Wildman–Crippen MR) is 91.1 cm³/mol. The van der Waals surface area contributed by atoms with Crippen LogP contribution in [0.2, 0.25) is 0 Å². The molecule has 24 heavy (non-hydrogen) atoms. The predicted octanol–water partition coefficient (Wildman–Crippen LogP) is 2.75. The van der Waals surface area contributed by atoms with Crippen molar-refractivity contribution in [3.63, 3.8) is 0 Å². The van der Waals surface area contributed by atoms with Gasteiger partial charge in [-0.15, -0.1) is 0 Å². The van der Waals surface area contributed by atoms with Gasteiger partial charge >= 0.3 is 0 Å². The van der Waals surface area contributed by atoms with Crippen LogP contribution in [-0.4, -0.2) is 23.7 Å². The second-order valence-electron chi connectivity index (χ2n) is 8.28. The third-order valence-corrected chi connectivity index (χ3v) is 6.96. The number of carbonyl (C=O) groups is 2. The summed E-state index contributed by atoms with van der Waals surface area (Å²) in [7, 11) is 0. The topological polar surface area (TPSA) is 58.2 Å². The Hall–Kier alpha value is -1.58. The lowest BCUT2D eigenvalue weighted by molar-refractivity contribution is -0.123. The number of carbonyl (C=O) groups excluding carboxylic acids is 2. The van der Waals surface area contributed by atoms with Crippen LogP contribution in [0, 0.1) is 11.8 Å². The van der Waals surface area contributed by atoms with E-state index in [0.29, 0.717) is 36.5 Å². The minimum Gasteiger partial charge on any atom is -0.384 e. The normalized spacial score (nSPS) is 38.5. The third kappa shape index (κ3) is 2.11. The molecule has 2 heterocycles. The third-order valence-electron chi connectivity index (χ3n) is 6.96. The van der Waals surface area contributed by atoms with Crippen LogP contribution in [0.1, 0.15) is 64.2 Å². The van der Waals surface area contributed by atoms with Crippen molar-refractivity contribution in [2.24, 2.45) is 11.8 Å². The Labute approximate surface area is 143 Å². The number of Topliss-reactive ketones (excluding diaryl/α,β-unsaturated/α-hetero) is 2. The molecule has 0 radical (unpaired) electrons. The summed E-state index contributed by atoms with van der Waals surface area (Å²) in [4.78, 5) is 26.0. The largest absolute Gasteiger partial charge is 0.384 e. The van der Waals surface area contributed by atoms with E-state index in [9.17, 15) is 9.59 Å². The van der Waals surface area contributed by atoms with Gasteiger partial charge in [0.25, 0.3) is 0 Å². The van der Waals surface area contributed by atoms with E-state index in [-0.39, 0.29) is 11.8 Å². The van der Waals surface area contributed by atoms with Crippen molar-refractivity contribution >= 4 is 11.6 Å². The molecule has 0 aromatic carbocycles. The van der Waals surface area contributed by atoms with Crippen molar-refractivity contribution in [3.8, 4) is 0 Å². The molecule has 5 rings (SSSR count). The van der Waals surface area contributed by atoms with E-state index in [4.69, 9.17) is 0 Å². The summed E-state index contributed by atoms with van der Waals surface area (Å²) >= 11 is 0. The molecule has 4 unspecified atom stereocenters. The Morgan fingerprint density at radius 2 is 1.04 bits per heavy atom. The molecule has 4 nitrogen and oxygen atoms in total. The van der Waals surface area contributed by atoms with Crippen LogP contribution in [0.3, 0.4) is 0 Å². The maximum atomic E-state index is 13.0. The zero-order valence-electron chi connectivity index (χ0n) is 14.2. The highest BCUT2D eigenvalue weighted by Crippen LogP contribution is 2.42. The smallest absolute Gasteiger partial charge is 0.166 e. The molecule has 4 heteroatoms. The monoisotopic (exact) mass is 326 g/mol. The van der Waals surface area contributed by atoms with Crippen molar-refractivity contribution < 1.29 is 9.59 Å². The van der Waals surface area contributed by atoms with E-state index in [1.807, 2.05) is 0 Å². The minimum absolute atomic E-state index is 0.168. The van der Waals surface area contributed by atoms with Crippen molar-refractivity contribution in [2.45, 2.75) is 76.3 Å². The fraction of sp³-hybridized carbons (Fsp3) is 0.700. The zero-order valence-corrected chi connectivity index (χ0v) is 14.2. The fourth-order valence-electron chi connectivity index (χ4n) is 5.66. The van der Waals surface area contributed by atoms with Crippen LogP contribution in [0.5, 0.6) is 0 Å². The van der Waals surface area contributed by atoms with E-state index in [0.717, 1.165) is 48.2 Å². The molecule has 2 aliphatic heterocycles. The van der Waals surface area contributed by atoms with E-state index >= 15 is 0 Å². The Morgan fingerprint density at radius 1 is 0.625 bits per heavy atom. The number of hydrogen-bond donors (Lipinski definition) is 2. The van der Waals surface area contributed by atoms with Crippen LogP contribution in [0.25, 0.3) is 0 Å². The Bertz CT molecular complexity index is 617. The highest BCUT2D eigenvalue weighted by molar-refractivity contribution is 6.04. The highest BCUT2D eigenvalue weighted by atomic mass is 16.1. The van der Waals surface area contributed by atoms with Gasteiger partial charge < -0.3 is 10.6 Å². The summed E-state index contributed by atoms with van der Waals surface area (Å²) in [5.41, 5.74) is 4.05. The zero-order chi connectivity index (χ0) is 16.3. The van der Waals surface area contributed by atoms with E-state index in [2.05, 4.69) is 10.6 Å². The minimum atomic E-state index is 0.168. The van der Waals surface area contributed by atoms with Crippen LogP contribution in [-0.2, 0) is 9.59 Å². The maximum Gasteiger partial charge on any atom is 0.166 e. The summed E-state index contributed by atoms with van der Waals surface area (Å²) in [6.45, 7) is 0. The number of allylic oxidation sites excluding steroid dienone is 2. The lowest BCUT2D eigenvalue weighted by atomic mass is 9.70. The van der Waals surface area contributed by atoms with Gasteiger partial charge in [0.1, 0.15) is 0 Å². The Kier molecular flexibility index (Phi) is 3.36. The first kappa shape index (κ1) is 14.7. The van der Waals surface area contributed by atoms with Gasteiger partial charge in [-0.25, -0.2) is 0 Å². The second-order valence-corrected chi connectivity index (χ2v) is 8.28. The average Bonchev–Trinajstić information content (AvgIpc) is 2.62. The van der Waals surface area contributed by atoms with E-state index < -0.39 is 0 Å². The molecule has 128 valence electrons. The SMILES string of the molecule is O=C1C2=C(CC3=C(C2)NC2CCCCC2C3=O)NC2CCCCC12. The van der Waals surface area contributed by atoms with Gasteiger partial charge in [0.2, 0.25) is 0 Å². The molecule has 0 aromatic rings. The molecule has 0 saturated heterocycles. The molecule has 0 aromatic heterocycles. The fourth-order valence-corrected chi connectivity index (χ4v) is 5.66. The van der Waals surface area contributed by atoms with Gasteiger partial charge in [0.15, 0.2) is 11.6 Å². The van der Waals surface area contributed by atoms with E-state index in [1.54, 1.807) is 0 Å². The molecule has 5 aliphatic rings. The highest BCUT2D eigenvalue weighted by Gasteiger charge is 2.44. The van der Waals surface area contributed by atoms with Crippen molar-refractivity contribution in [1.82, 2.24) is 10.6 Å². The van der Waals surface area contributed by atoms with Crippen LogP contribution >= 0.6 is 0 Å². The van der Waals surface area contributed by atoms with Gasteiger partial charge in [0, 0.05) is 59.3 Å². The first-order valence-electron chi connectivity index (χ1n) is 9.78. The van der Waals surface area contributed by atoms with Gasteiger partial charge in [-0.2, -0.15) is 0 Å². The van der Waals surface area contributed by atoms with Crippen LogP contribution < -0.4 is 10.6 Å². The van der Waals surface area contributed by atoms with Crippen LogP contribution in [0.15, 0.2) is 22.5 Å². The van der Waals surface area contributed by atoms with Gasteiger partial charge in [-0.1, -0.05) is 25.7 Å². The number of nitrogens with one attached hydrogen (secondary N) is 2. The van der Waals surface area contributed by atoms with E-state index in [1.165, 1.54) is 25.7 Å².